The van der Waals surface area contributed by atoms with Crippen LogP contribution < -0.4 is 10.1 Å². The highest BCUT2D eigenvalue weighted by atomic mass is 16.5. The Kier molecular flexibility index (Phi) is 9.51. The normalized spacial score (nSPS) is 12.2. The third-order valence-corrected chi connectivity index (χ3v) is 6.15. The Morgan fingerprint density at radius 1 is 0.865 bits per heavy atom. The molecule has 1 atom stereocenters. The van der Waals surface area contributed by atoms with E-state index in [1.165, 1.54) is 5.56 Å². The summed E-state index contributed by atoms with van der Waals surface area (Å²) >= 11 is 0. The summed E-state index contributed by atoms with van der Waals surface area (Å²) in [5, 5.41) is 3.09. The van der Waals surface area contributed by atoms with E-state index in [0.717, 1.165) is 16.7 Å². The summed E-state index contributed by atoms with van der Waals surface area (Å²) in [7, 11) is 0. The van der Waals surface area contributed by atoms with Crippen molar-refractivity contribution in [1.82, 2.24) is 10.2 Å². The summed E-state index contributed by atoms with van der Waals surface area (Å²) in [4.78, 5) is 28.9. The summed E-state index contributed by atoms with van der Waals surface area (Å²) < 4.78 is 5.90. The zero-order valence-electron chi connectivity index (χ0n) is 23.0. The number of hydrogen-bond donors (Lipinski definition) is 1. The summed E-state index contributed by atoms with van der Waals surface area (Å²) in [5.74, 6) is 0.629. The Morgan fingerprint density at radius 2 is 1.49 bits per heavy atom. The molecule has 2 amide bonds. The van der Waals surface area contributed by atoms with Crippen molar-refractivity contribution in [3.05, 3.63) is 101 Å². The largest absolute Gasteiger partial charge is 0.484 e. The Morgan fingerprint density at radius 3 is 2.05 bits per heavy atom. The maximum absolute atomic E-state index is 13.7. The SMILES string of the molecule is Cc1ccc(CN(C(=O)COc2ccc(C(C)C)cc2)C(Cc2ccccc2)C(=O)NC(C)(C)C)cc1. The maximum atomic E-state index is 13.7. The fourth-order valence-corrected chi connectivity index (χ4v) is 4.07. The number of carbonyl (C=O) groups is 2. The van der Waals surface area contributed by atoms with Crippen molar-refractivity contribution in [2.24, 2.45) is 0 Å². The molecular weight excluding hydrogens is 460 g/mol. The van der Waals surface area contributed by atoms with Crippen LogP contribution in [0.3, 0.4) is 0 Å². The highest BCUT2D eigenvalue weighted by Gasteiger charge is 2.32. The van der Waals surface area contributed by atoms with Crippen LogP contribution >= 0.6 is 0 Å². The fourth-order valence-electron chi connectivity index (χ4n) is 4.07. The second-order valence-electron chi connectivity index (χ2n) is 11.0. The number of hydrogen-bond acceptors (Lipinski definition) is 3. The molecule has 1 unspecified atom stereocenters. The first-order valence-corrected chi connectivity index (χ1v) is 13.0. The van der Waals surface area contributed by atoms with Crippen LogP contribution in [0.4, 0.5) is 0 Å². The van der Waals surface area contributed by atoms with Crippen LogP contribution in [0.2, 0.25) is 0 Å². The fraction of sp³-hybridized carbons (Fsp3) is 0.375. The van der Waals surface area contributed by atoms with Gasteiger partial charge in [-0.25, -0.2) is 0 Å². The van der Waals surface area contributed by atoms with Gasteiger partial charge >= 0.3 is 0 Å². The van der Waals surface area contributed by atoms with Gasteiger partial charge in [0.2, 0.25) is 5.91 Å². The van der Waals surface area contributed by atoms with Gasteiger partial charge in [-0.15, -0.1) is 0 Å². The number of rotatable bonds is 10. The van der Waals surface area contributed by atoms with Gasteiger partial charge in [0.25, 0.3) is 5.91 Å². The summed E-state index contributed by atoms with van der Waals surface area (Å²) in [5.41, 5.74) is 3.87. The Hall–Kier alpha value is -3.60. The van der Waals surface area contributed by atoms with Crippen LogP contribution in [0.15, 0.2) is 78.9 Å². The van der Waals surface area contributed by atoms with E-state index in [4.69, 9.17) is 4.74 Å². The topological polar surface area (TPSA) is 58.6 Å². The van der Waals surface area contributed by atoms with Gasteiger partial charge in [-0.2, -0.15) is 0 Å². The van der Waals surface area contributed by atoms with Gasteiger partial charge in [0, 0.05) is 18.5 Å². The minimum absolute atomic E-state index is 0.152. The van der Waals surface area contributed by atoms with E-state index in [1.54, 1.807) is 4.90 Å². The molecule has 0 aliphatic carbocycles. The number of carbonyl (C=O) groups excluding carboxylic acids is 2. The van der Waals surface area contributed by atoms with E-state index in [1.807, 2.05) is 107 Å². The Labute approximate surface area is 221 Å². The van der Waals surface area contributed by atoms with Gasteiger partial charge in [-0.1, -0.05) is 86.1 Å². The van der Waals surface area contributed by atoms with Gasteiger partial charge in [0.05, 0.1) is 0 Å². The molecule has 0 bridgehead atoms. The number of ether oxygens (including phenoxy) is 1. The molecule has 0 saturated carbocycles. The van der Waals surface area contributed by atoms with Crippen LogP contribution in [-0.4, -0.2) is 34.9 Å². The van der Waals surface area contributed by atoms with Gasteiger partial charge < -0.3 is 15.0 Å². The van der Waals surface area contributed by atoms with Gasteiger partial charge in [-0.3, -0.25) is 9.59 Å². The van der Waals surface area contributed by atoms with Crippen molar-refractivity contribution in [1.29, 1.82) is 0 Å². The second kappa shape index (κ2) is 12.6. The zero-order valence-corrected chi connectivity index (χ0v) is 23.0. The first kappa shape index (κ1) is 28.0. The monoisotopic (exact) mass is 500 g/mol. The Balaban J connectivity index is 1.89. The molecule has 3 aromatic carbocycles. The minimum atomic E-state index is -0.692. The van der Waals surface area contributed by atoms with E-state index in [2.05, 4.69) is 19.2 Å². The number of nitrogens with zero attached hydrogens (tertiary/aromatic N) is 1. The standard InChI is InChI=1S/C32H40N2O3/c1-23(2)27-16-18-28(19-17-27)37-22-30(35)34(21-26-14-12-24(3)13-15-26)29(31(36)33-32(4,5)6)20-25-10-8-7-9-11-25/h7-19,23,29H,20-22H2,1-6H3,(H,33,36). The lowest BCUT2D eigenvalue weighted by Gasteiger charge is -2.33. The van der Waals surface area contributed by atoms with E-state index in [0.29, 0.717) is 24.6 Å². The third-order valence-electron chi connectivity index (χ3n) is 6.15. The molecule has 3 rings (SSSR count). The molecule has 0 heterocycles. The molecule has 0 saturated heterocycles. The quantitative estimate of drug-likeness (QED) is 0.369. The number of amides is 2. The van der Waals surface area contributed by atoms with Crippen molar-refractivity contribution in [2.45, 2.75) is 72.0 Å². The van der Waals surface area contributed by atoms with Crippen molar-refractivity contribution in [3.8, 4) is 5.75 Å². The molecular formula is C32H40N2O3. The molecule has 1 N–H and O–H groups in total. The molecule has 5 nitrogen and oxygen atoms in total. The summed E-state index contributed by atoms with van der Waals surface area (Å²) in [6, 6.07) is 25.0. The molecule has 0 fully saturated rings. The summed E-state index contributed by atoms with van der Waals surface area (Å²) in [6.45, 7) is 12.3. The average Bonchev–Trinajstić information content (AvgIpc) is 2.85. The van der Waals surface area contributed by atoms with Crippen molar-refractivity contribution in [2.75, 3.05) is 6.61 Å². The van der Waals surface area contributed by atoms with Gasteiger partial charge in [0.1, 0.15) is 11.8 Å². The molecule has 5 heteroatoms. The van der Waals surface area contributed by atoms with Gasteiger partial charge in [0.15, 0.2) is 6.61 Å². The molecule has 0 spiro atoms. The van der Waals surface area contributed by atoms with E-state index in [9.17, 15) is 9.59 Å². The molecule has 0 aliphatic rings. The summed E-state index contributed by atoms with van der Waals surface area (Å²) in [6.07, 6.45) is 0.406. The first-order valence-electron chi connectivity index (χ1n) is 13.0. The molecule has 196 valence electrons. The number of aryl methyl sites for hydroxylation is 1. The van der Waals surface area contributed by atoms with E-state index >= 15 is 0 Å². The lowest BCUT2D eigenvalue weighted by atomic mass is 10.0. The third kappa shape index (κ3) is 8.78. The highest BCUT2D eigenvalue weighted by Crippen LogP contribution is 2.20. The zero-order chi connectivity index (χ0) is 27.0. The van der Waals surface area contributed by atoms with Crippen molar-refractivity contribution >= 4 is 11.8 Å². The number of nitrogens with one attached hydrogen (secondary N) is 1. The minimum Gasteiger partial charge on any atom is -0.484 e. The molecule has 3 aromatic rings. The van der Waals surface area contributed by atoms with Crippen molar-refractivity contribution in [3.63, 3.8) is 0 Å². The molecule has 37 heavy (non-hydrogen) atoms. The van der Waals surface area contributed by atoms with Crippen LogP contribution in [0, 0.1) is 6.92 Å². The molecule has 0 aromatic heterocycles. The lowest BCUT2D eigenvalue weighted by molar-refractivity contribution is -0.143. The van der Waals surface area contributed by atoms with Crippen LogP contribution in [0.5, 0.6) is 5.75 Å². The second-order valence-corrected chi connectivity index (χ2v) is 11.0. The maximum Gasteiger partial charge on any atom is 0.261 e. The predicted molar refractivity (Wildman–Crippen MR) is 150 cm³/mol. The lowest BCUT2D eigenvalue weighted by Crippen LogP contribution is -2.55. The van der Waals surface area contributed by atoms with Gasteiger partial charge in [-0.05, 0) is 62.4 Å². The van der Waals surface area contributed by atoms with Crippen LogP contribution in [-0.2, 0) is 22.6 Å². The predicted octanol–water partition coefficient (Wildman–Crippen LogP) is 6.05. The molecule has 0 aliphatic heterocycles. The number of benzene rings is 3. The van der Waals surface area contributed by atoms with Crippen LogP contribution in [0.25, 0.3) is 0 Å². The van der Waals surface area contributed by atoms with E-state index in [-0.39, 0.29) is 18.4 Å². The van der Waals surface area contributed by atoms with Crippen molar-refractivity contribution < 1.29 is 14.3 Å². The smallest absolute Gasteiger partial charge is 0.261 e. The molecule has 0 radical (unpaired) electrons. The van der Waals surface area contributed by atoms with E-state index < -0.39 is 11.6 Å². The average molecular weight is 501 g/mol. The highest BCUT2D eigenvalue weighted by molar-refractivity contribution is 5.89. The Bertz CT molecular complexity index is 1150. The van der Waals surface area contributed by atoms with Crippen LogP contribution in [0.1, 0.15) is 62.8 Å². The first-order chi connectivity index (χ1) is 17.5.